The molecule has 23 nitrogen and oxygen atoms in total. The van der Waals surface area contributed by atoms with Gasteiger partial charge in [-0.15, -0.1) is 0 Å². The van der Waals surface area contributed by atoms with Crippen molar-refractivity contribution < 1.29 is 73.2 Å². The van der Waals surface area contributed by atoms with Crippen LogP contribution in [0.5, 0.6) is 0 Å². The second-order valence-electron chi connectivity index (χ2n) is 15.7. The Morgan fingerprint density at radius 1 is 0.597 bits per heavy atom. The summed E-state index contributed by atoms with van der Waals surface area (Å²) in [6.45, 7) is 6.78. The van der Waals surface area contributed by atoms with E-state index >= 15 is 0 Å². The van der Waals surface area contributed by atoms with Crippen molar-refractivity contribution in [2.75, 3.05) is 25.1 Å². The molecule has 7 atom stereocenters. The van der Waals surface area contributed by atoms with E-state index in [-0.39, 0.29) is 50.6 Å². The topological polar surface area (TPSA) is 370 Å². The van der Waals surface area contributed by atoms with Gasteiger partial charge in [-0.25, -0.2) is 4.79 Å². The third-order valence-corrected chi connectivity index (χ3v) is 10.2. The zero-order valence-corrected chi connectivity index (χ0v) is 36.4. The van der Waals surface area contributed by atoms with Crippen LogP contribution in [-0.2, 0) is 52.7 Å². The average molecular weight is 903 g/mol. The van der Waals surface area contributed by atoms with Crippen molar-refractivity contribution >= 4 is 77.0 Å². The summed E-state index contributed by atoms with van der Waals surface area (Å²) < 4.78 is 0. The standard InChI is InChI=1S/C38H62N8O15S/c1-19(2)15-24(35(57)41-23(12-14-62-5)34(56)45-26(38(60)61)17-31(52)53)44-36(58)25(16-20(3)4)43-33(55)21(8-10-29(48)49)40-32(54)22(9-11-30(50)51)42-37(59)27-7-6-13-46(27)28(47)18-39/h19-27H,6-18,39H2,1-5H3,(H,40,54)(H,41,57)(H,42,59)(H,43,55)(H,44,58)(H,45,56)(H,48,49)(H,50,51)(H,52,53)(H,60,61)/t21-,22-,23-,24-,25-,26-,27-/m0/s1. The van der Waals surface area contributed by atoms with Crippen LogP contribution in [0.2, 0.25) is 0 Å². The number of carboxylic acids is 4. The Morgan fingerprint density at radius 3 is 1.39 bits per heavy atom. The number of rotatable bonds is 29. The summed E-state index contributed by atoms with van der Waals surface area (Å²) in [6.07, 6.45) is -0.702. The van der Waals surface area contributed by atoms with Crippen molar-refractivity contribution in [3.8, 4) is 0 Å². The molecule has 1 aliphatic heterocycles. The summed E-state index contributed by atoms with van der Waals surface area (Å²) in [4.78, 5) is 141. The molecule has 7 amide bonds. The maximum absolute atomic E-state index is 13.9. The minimum Gasteiger partial charge on any atom is -0.481 e. The molecule has 12 N–H and O–H groups in total. The Kier molecular flexibility index (Phi) is 24.1. The minimum absolute atomic E-state index is 0.00378. The van der Waals surface area contributed by atoms with Gasteiger partial charge in [0.15, 0.2) is 0 Å². The number of thioether (sulfide) groups is 1. The summed E-state index contributed by atoms with van der Waals surface area (Å²) in [5.41, 5.74) is 5.47. The first-order chi connectivity index (χ1) is 29.0. The second kappa shape index (κ2) is 27.4. The van der Waals surface area contributed by atoms with Gasteiger partial charge in [0, 0.05) is 19.4 Å². The molecule has 0 saturated carbocycles. The normalized spacial score (nSPS) is 16.5. The maximum atomic E-state index is 13.9. The molecular weight excluding hydrogens is 841 g/mol. The van der Waals surface area contributed by atoms with Crippen LogP contribution in [0.1, 0.15) is 91.9 Å². The lowest BCUT2D eigenvalue weighted by atomic mass is 9.99. The highest BCUT2D eigenvalue weighted by molar-refractivity contribution is 7.98. The van der Waals surface area contributed by atoms with Gasteiger partial charge in [0.05, 0.1) is 13.0 Å². The molecule has 350 valence electrons. The van der Waals surface area contributed by atoms with Crippen molar-refractivity contribution in [1.29, 1.82) is 0 Å². The summed E-state index contributed by atoms with van der Waals surface area (Å²) in [5, 5.41) is 51.8. The molecule has 0 aliphatic carbocycles. The highest BCUT2D eigenvalue weighted by atomic mass is 32.2. The third-order valence-electron chi connectivity index (χ3n) is 9.53. The number of carbonyl (C=O) groups excluding carboxylic acids is 7. The highest BCUT2D eigenvalue weighted by Gasteiger charge is 2.37. The molecule has 24 heteroatoms. The Bertz CT molecular complexity index is 1630. The Morgan fingerprint density at radius 2 is 1.00 bits per heavy atom. The molecule has 0 bridgehead atoms. The summed E-state index contributed by atoms with van der Waals surface area (Å²) >= 11 is 1.31. The predicted molar refractivity (Wildman–Crippen MR) is 221 cm³/mol. The molecule has 1 saturated heterocycles. The summed E-state index contributed by atoms with van der Waals surface area (Å²) in [6, 6.07) is -10.0. The molecule has 0 aromatic rings. The van der Waals surface area contributed by atoms with E-state index in [1.54, 1.807) is 34.0 Å². The van der Waals surface area contributed by atoms with Crippen LogP contribution >= 0.6 is 11.8 Å². The SMILES string of the molecule is CSCC[C@H](NC(=O)[C@H](CC(C)C)NC(=O)[C@H](CC(C)C)NC(=O)[C@H](CCC(=O)O)NC(=O)[C@H](CCC(=O)O)NC(=O)[C@@H]1CCCN1C(=O)CN)C(=O)N[C@@H](CC(=O)O)C(=O)O. The fourth-order valence-corrected chi connectivity index (χ4v) is 6.91. The average Bonchev–Trinajstić information content (AvgIpc) is 3.68. The maximum Gasteiger partial charge on any atom is 0.326 e. The molecule has 1 fully saturated rings. The third kappa shape index (κ3) is 19.9. The van der Waals surface area contributed by atoms with Crippen LogP contribution in [0.15, 0.2) is 0 Å². The van der Waals surface area contributed by atoms with Crippen molar-refractivity contribution in [2.24, 2.45) is 17.6 Å². The first-order valence-electron chi connectivity index (χ1n) is 20.2. The van der Waals surface area contributed by atoms with Crippen molar-refractivity contribution in [3.05, 3.63) is 0 Å². The van der Waals surface area contributed by atoms with E-state index in [2.05, 4.69) is 31.9 Å². The van der Waals surface area contributed by atoms with E-state index in [4.69, 9.17) is 10.8 Å². The van der Waals surface area contributed by atoms with Gasteiger partial charge in [0.1, 0.15) is 42.3 Å². The van der Waals surface area contributed by atoms with Crippen LogP contribution in [0, 0.1) is 11.8 Å². The van der Waals surface area contributed by atoms with Crippen LogP contribution in [0.3, 0.4) is 0 Å². The smallest absolute Gasteiger partial charge is 0.326 e. The molecule has 1 heterocycles. The van der Waals surface area contributed by atoms with Gasteiger partial charge in [-0.2, -0.15) is 11.8 Å². The first-order valence-corrected chi connectivity index (χ1v) is 21.6. The van der Waals surface area contributed by atoms with Gasteiger partial charge in [0.25, 0.3) is 0 Å². The number of carbonyl (C=O) groups is 11. The number of hydrogen-bond acceptors (Lipinski definition) is 13. The molecule has 62 heavy (non-hydrogen) atoms. The zero-order chi connectivity index (χ0) is 47.3. The Hall–Kier alpha value is -5.52. The molecule has 0 unspecified atom stereocenters. The number of amides is 7. The summed E-state index contributed by atoms with van der Waals surface area (Å²) in [5.74, 6) is -12.0. The van der Waals surface area contributed by atoms with Gasteiger partial charge >= 0.3 is 23.9 Å². The first kappa shape index (κ1) is 54.5. The van der Waals surface area contributed by atoms with Crippen molar-refractivity contribution in [1.82, 2.24) is 36.8 Å². The molecule has 0 spiro atoms. The highest BCUT2D eigenvalue weighted by Crippen LogP contribution is 2.18. The van der Waals surface area contributed by atoms with E-state index in [1.165, 1.54) is 16.7 Å². The lowest BCUT2D eigenvalue weighted by molar-refractivity contribution is -0.147. The lowest BCUT2D eigenvalue weighted by Crippen LogP contribution is -2.60. The van der Waals surface area contributed by atoms with E-state index in [0.717, 1.165) is 0 Å². The number of nitrogens with zero attached hydrogens (tertiary/aromatic N) is 1. The number of aliphatic carboxylic acids is 4. The largest absolute Gasteiger partial charge is 0.481 e. The second-order valence-corrected chi connectivity index (χ2v) is 16.6. The van der Waals surface area contributed by atoms with Gasteiger partial charge in [0.2, 0.25) is 41.4 Å². The molecule has 0 aromatic heterocycles. The van der Waals surface area contributed by atoms with Crippen LogP contribution in [-0.4, -0.2) is 158 Å². The van der Waals surface area contributed by atoms with Crippen molar-refractivity contribution in [2.45, 2.75) is 134 Å². The number of nitrogens with two attached hydrogens (primary N) is 1. The monoisotopic (exact) mass is 902 g/mol. The van der Waals surface area contributed by atoms with Crippen LogP contribution < -0.4 is 37.6 Å². The van der Waals surface area contributed by atoms with E-state index in [1.807, 2.05) is 0 Å². The number of hydrogen-bond donors (Lipinski definition) is 11. The minimum atomic E-state index is -1.80. The summed E-state index contributed by atoms with van der Waals surface area (Å²) in [7, 11) is 0. The van der Waals surface area contributed by atoms with E-state index in [0.29, 0.717) is 12.2 Å². The zero-order valence-electron chi connectivity index (χ0n) is 35.6. The quantitative estimate of drug-likeness (QED) is 0.0386. The fraction of sp³-hybridized carbons (Fsp3) is 0.711. The van der Waals surface area contributed by atoms with Gasteiger partial charge < -0.3 is 63.0 Å². The van der Waals surface area contributed by atoms with Crippen LogP contribution in [0.4, 0.5) is 0 Å². The van der Waals surface area contributed by atoms with Crippen LogP contribution in [0.25, 0.3) is 0 Å². The Labute approximate surface area is 363 Å². The lowest BCUT2D eigenvalue weighted by Gasteiger charge is -2.29. The number of nitrogens with one attached hydrogen (secondary N) is 6. The van der Waals surface area contributed by atoms with Gasteiger partial charge in [-0.1, -0.05) is 27.7 Å². The molecule has 1 aliphatic rings. The fourth-order valence-electron chi connectivity index (χ4n) is 6.44. The predicted octanol–water partition coefficient (Wildman–Crippen LogP) is -2.02. The molecular formula is C38H62N8O15S. The van der Waals surface area contributed by atoms with E-state index in [9.17, 15) is 68.1 Å². The number of likely N-dealkylation sites (tertiary alicyclic amines) is 1. The van der Waals surface area contributed by atoms with E-state index < -0.39 is 140 Å². The van der Waals surface area contributed by atoms with Crippen molar-refractivity contribution in [3.63, 3.8) is 0 Å². The van der Waals surface area contributed by atoms with Gasteiger partial charge in [-0.3, -0.25) is 47.9 Å². The molecule has 1 rings (SSSR count). The van der Waals surface area contributed by atoms with Gasteiger partial charge in [-0.05, 0) is 68.8 Å². The Balaban J connectivity index is 3.39. The number of carboxylic acid groups (broad SMARTS) is 4. The molecule has 0 aromatic carbocycles. The molecule has 0 radical (unpaired) electrons.